The van der Waals surface area contributed by atoms with Gasteiger partial charge in [-0.05, 0) is 55.9 Å². The molecule has 1 saturated carbocycles. The Morgan fingerprint density at radius 2 is 1.86 bits per heavy atom. The summed E-state index contributed by atoms with van der Waals surface area (Å²) < 4.78 is 75.2. The molecular weight excluding hydrogens is 534 g/mol. The van der Waals surface area contributed by atoms with Crippen molar-refractivity contribution in [1.82, 2.24) is 10.1 Å². The van der Waals surface area contributed by atoms with E-state index in [9.17, 15) is 31.1 Å². The number of aliphatic hydroxyl groups is 1. The van der Waals surface area contributed by atoms with Crippen molar-refractivity contribution in [3.8, 4) is 11.4 Å². The van der Waals surface area contributed by atoms with Gasteiger partial charge in [0, 0.05) is 18.4 Å². The fourth-order valence-corrected chi connectivity index (χ4v) is 4.43. The third-order valence-electron chi connectivity index (χ3n) is 5.32. The molecule has 1 fully saturated rings. The van der Waals surface area contributed by atoms with Gasteiger partial charge in [-0.2, -0.15) is 18.2 Å². The molecule has 9 nitrogen and oxygen atoms in total. The molecule has 1 aliphatic rings. The molecule has 0 radical (unpaired) electrons. The molecule has 36 heavy (non-hydrogen) atoms. The Kier molecular flexibility index (Phi) is 10.00. The van der Waals surface area contributed by atoms with E-state index in [1.165, 1.54) is 18.2 Å². The minimum Gasteiger partial charge on any atom is -0.475 e. The standard InChI is InChI=1S/C19H23ClFN3O4S.C2HF3O2/c1-29(26,27)12-6-7-13(15(20)10-12)18-23-19(28-24-18)14(8-9-25)17(22)16(21)11-4-2-3-5-11;3-2(4,5)1(6)7/h6-7,10,14,17,25H,2-5,8-9,22H2,1H3;(H,6,7)/t14-,17+;/m1./s1. The van der Waals surface area contributed by atoms with Crippen molar-refractivity contribution >= 4 is 27.4 Å². The van der Waals surface area contributed by atoms with Crippen LogP contribution in [0.1, 0.15) is 43.9 Å². The summed E-state index contributed by atoms with van der Waals surface area (Å²) in [5.41, 5.74) is 7.22. The fourth-order valence-electron chi connectivity index (χ4n) is 3.45. The lowest BCUT2D eigenvalue weighted by Gasteiger charge is -2.19. The van der Waals surface area contributed by atoms with Gasteiger partial charge in [-0.3, -0.25) is 0 Å². The summed E-state index contributed by atoms with van der Waals surface area (Å²) in [6.45, 7) is -0.220. The second kappa shape index (κ2) is 12.1. The van der Waals surface area contributed by atoms with Crippen molar-refractivity contribution in [2.24, 2.45) is 5.73 Å². The molecule has 0 saturated heterocycles. The number of carboxylic acid groups (broad SMARTS) is 1. The molecule has 0 bridgehead atoms. The molecule has 0 aliphatic heterocycles. The van der Waals surface area contributed by atoms with Gasteiger partial charge in [0.2, 0.25) is 11.7 Å². The molecule has 1 heterocycles. The highest BCUT2D eigenvalue weighted by Gasteiger charge is 2.38. The minimum absolute atomic E-state index is 0.0698. The Hall–Kier alpha value is -2.55. The maximum Gasteiger partial charge on any atom is 0.490 e. The lowest BCUT2D eigenvalue weighted by Crippen LogP contribution is -2.31. The molecular formula is C21H24ClF4N3O6S. The largest absolute Gasteiger partial charge is 0.490 e. The van der Waals surface area contributed by atoms with Crippen LogP contribution in [0, 0.1) is 0 Å². The van der Waals surface area contributed by atoms with Gasteiger partial charge in [-0.25, -0.2) is 17.6 Å². The molecule has 2 aromatic rings. The molecule has 1 aromatic heterocycles. The zero-order valence-electron chi connectivity index (χ0n) is 18.9. The average molecular weight is 558 g/mol. The maximum absolute atomic E-state index is 14.8. The summed E-state index contributed by atoms with van der Waals surface area (Å²) in [6.07, 6.45) is -0.603. The SMILES string of the molecule is CS(=O)(=O)c1ccc(-c2noc([C@H](CCO)[C@H](N)C(F)=C3CCCC3)n2)c(Cl)c1.O=C(O)C(F)(F)F. The number of carboxylic acids is 1. The third kappa shape index (κ3) is 7.72. The number of benzene rings is 1. The van der Waals surface area contributed by atoms with E-state index in [-0.39, 0.29) is 40.5 Å². The lowest BCUT2D eigenvalue weighted by molar-refractivity contribution is -0.192. The Morgan fingerprint density at radius 1 is 1.28 bits per heavy atom. The smallest absolute Gasteiger partial charge is 0.475 e. The molecule has 0 unspecified atom stereocenters. The van der Waals surface area contributed by atoms with Crippen LogP contribution in [0.3, 0.4) is 0 Å². The predicted molar refractivity (Wildman–Crippen MR) is 121 cm³/mol. The highest BCUT2D eigenvalue weighted by molar-refractivity contribution is 7.90. The number of sulfone groups is 1. The lowest BCUT2D eigenvalue weighted by atomic mass is 9.93. The fraction of sp³-hybridized carbons (Fsp3) is 0.476. The van der Waals surface area contributed by atoms with Crippen LogP contribution in [-0.2, 0) is 14.6 Å². The molecule has 1 aliphatic carbocycles. The van der Waals surface area contributed by atoms with Crippen LogP contribution in [0.15, 0.2) is 39.0 Å². The van der Waals surface area contributed by atoms with E-state index in [4.69, 9.17) is 31.8 Å². The first-order valence-corrected chi connectivity index (χ1v) is 12.8. The van der Waals surface area contributed by atoms with Crippen LogP contribution >= 0.6 is 11.6 Å². The summed E-state index contributed by atoms with van der Waals surface area (Å²) in [4.78, 5) is 13.3. The number of aliphatic hydroxyl groups excluding tert-OH is 1. The second-order valence-corrected chi connectivity index (χ2v) is 10.4. The van der Waals surface area contributed by atoms with Crippen molar-refractivity contribution in [1.29, 1.82) is 0 Å². The monoisotopic (exact) mass is 557 g/mol. The summed E-state index contributed by atoms with van der Waals surface area (Å²) in [5.74, 6) is -3.60. The minimum atomic E-state index is -5.08. The number of nitrogens with two attached hydrogens (primary N) is 1. The first kappa shape index (κ1) is 29.7. The summed E-state index contributed by atoms with van der Waals surface area (Å²) >= 11 is 6.20. The van der Waals surface area contributed by atoms with Crippen LogP contribution in [0.5, 0.6) is 0 Å². The quantitative estimate of drug-likeness (QED) is 0.428. The average Bonchev–Trinajstić information content (AvgIpc) is 3.48. The van der Waals surface area contributed by atoms with E-state index in [1.807, 2.05) is 0 Å². The highest BCUT2D eigenvalue weighted by Crippen LogP contribution is 2.35. The van der Waals surface area contributed by atoms with Gasteiger partial charge in [-0.1, -0.05) is 16.8 Å². The van der Waals surface area contributed by atoms with E-state index < -0.39 is 33.9 Å². The predicted octanol–water partition coefficient (Wildman–Crippen LogP) is 4.02. The van der Waals surface area contributed by atoms with Crippen LogP contribution in [-0.4, -0.2) is 59.8 Å². The molecule has 0 spiro atoms. The molecule has 2 atom stereocenters. The van der Waals surface area contributed by atoms with Gasteiger partial charge in [0.05, 0.1) is 21.9 Å². The van der Waals surface area contributed by atoms with E-state index in [0.29, 0.717) is 24.0 Å². The second-order valence-electron chi connectivity index (χ2n) is 7.98. The van der Waals surface area contributed by atoms with Gasteiger partial charge in [0.25, 0.3) is 0 Å². The number of aliphatic carboxylic acids is 1. The molecule has 200 valence electrons. The Labute approximate surface area is 208 Å². The Bertz CT molecular complexity index is 1210. The van der Waals surface area contributed by atoms with Crippen LogP contribution < -0.4 is 5.73 Å². The molecule has 4 N–H and O–H groups in total. The number of carbonyl (C=O) groups is 1. The number of allylic oxidation sites excluding steroid dienone is 1. The number of hydrogen-bond donors (Lipinski definition) is 3. The number of aromatic nitrogens is 2. The van der Waals surface area contributed by atoms with E-state index in [1.54, 1.807) is 0 Å². The van der Waals surface area contributed by atoms with Gasteiger partial charge in [-0.15, -0.1) is 0 Å². The number of hydrogen-bond acceptors (Lipinski definition) is 8. The van der Waals surface area contributed by atoms with Gasteiger partial charge < -0.3 is 20.5 Å². The molecule has 0 amide bonds. The highest BCUT2D eigenvalue weighted by atomic mass is 35.5. The van der Waals surface area contributed by atoms with Crippen molar-refractivity contribution in [3.63, 3.8) is 0 Å². The van der Waals surface area contributed by atoms with Crippen molar-refractivity contribution in [2.45, 2.75) is 55.1 Å². The van der Waals surface area contributed by atoms with Crippen molar-refractivity contribution in [3.05, 3.63) is 40.5 Å². The summed E-state index contributed by atoms with van der Waals surface area (Å²) in [6, 6.07) is 3.19. The molecule has 15 heteroatoms. The van der Waals surface area contributed by atoms with E-state index in [2.05, 4.69) is 10.1 Å². The van der Waals surface area contributed by atoms with Crippen molar-refractivity contribution in [2.75, 3.05) is 12.9 Å². The first-order valence-electron chi connectivity index (χ1n) is 10.5. The number of nitrogens with zero attached hydrogens (tertiary/aromatic N) is 2. The number of halogens is 5. The Balaban J connectivity index is 0.000000572. The van der Waals surface area contributed by atoms with Gasteiger partial charge in [0.15, 0.2) is 9.84 Å². The summed E-state index contributed by atoms with van der Waals surface area (Å²) in [5, 5.41) is 20.6. The first-order chi connectivity index (χ1) is 16.7. The third-order valence-corrected chi connectivity index (χ3v) is 6.75. The zero-order chi connectivity index (χ0) is 27.3. The number of rotatable bonds is 7. The molecule has 3 rings (SSSR count). The normalized spacial score (nSPS) is 15.7. The van der Waals surface area contributed by atoms with Gasteiger partial charge >= 0.3 is 12.1 Å². The summed E-state index contributed by atoms with van der Waals surface area (Å²) in [7, 11) is -3.41. The topological polar surface area (TPSA) is 157 Å². The maximum atomic E-state index is 14.8. The Morgan fingerprint density at radius 3 is 2.33 bits per heavy atom. The van der Waals surface area contributed by atoms with Crippen LogP contribution in [0.4, 0.5) is 17.6 Å². The van der Waals surface area contributed by atoms with E-state index in [0.717, 1.165) is 19.1 Å². The zero-order valence-corrected chi connectivity index (χ0v) is 20.5. The molecule has 1 aromatic carbocycles. The number of alkyl halides is 3. The van der Waals surface area contributed by atoms with Crippen LogP contribution in [0.2, 0.25) is 5.02 Å². The van der Waals surface area contributed by atoms with Gasteiger partial charge in [0.1, 0.15) is 5.83 Å². The van der Waals surface area contributed by atoms with Crippen molar-refractivity contribution < 1.29 is 45.5 Å². The van der Waals surface area contributed by atoms with E-state index >= 15 is 0 Å². The van der Waals surface area contributed by atoms with Crippen LogP contribution in [0.25, 0.3) is 11.4 Å².